The molecule has 0 radical (unpaired) electrons. The first kappa shape index (κ1) is 11.7. The topological polar surface area (TPSA) is 30.7 Å². The van der Waals surface area contributed by atoms with Gasteiger partial charge in [-0.05, 0) is 26.0 Å². The molecule has 2 aromatic heterocycles. The molecule has 0 spiro atoms. The molecule has 0 atom stereocenters. The fourth-order valence-electron chi connectivity index (χ4n) is 1.43. The van der Waals surface area contributed by atoms with Crippen LogP contribution in [0.25, 0.3) is 5.82 Å². The third-order valence-electron chi connectivity index (χ3n) is 2.08. The number of pyridine rings is 1. The molecule has 0 N–H and O–H groups in total. The zero-order valence-electron chi connectivity index (χ0n) is 8.63. The first-order valence-electron chi connectivity index (χ1n) is 4.54. The molecule has 0 amide bonds. The maximum absolute atomic E-state index is 6.05. The highest BCUT2D eigenvalue weighted by atomic mass is 35.5. The maximum Gasteiger partial charge on any atom is 0.174 e. The molecular weight excluding hydrogens is 268 g/mol. The summed E-state index contributed by atoms with van der Waals surface area (Å²) < 4.78 is 1.64. The monoisotopic (exact) mass is 275 g/mol. The zero-order chi connectivity index (χ0) is 11.9. The first-order valence-corrected chi connectivity index (χ1v) is 5.67. The average Bonchev–Trinajstić information content (AvgIpc) is 2.51. The Morgan fingerprint density at radius 2 is 1.75 bits per heavy atom. The van der Waals surface area contributed by atoms with Crippen LogP contribution in [0.2, 0.25) is 15.2 Å². The second-order valence-corrected chi connectivity index (χ2v) is 4.58. The summed E-state index contributed by atoms with van der Waals surface area (Å²) in [6.45, 7) is 3.81. The van der Waals surface area contributed by atoms with Crippen molar-refractivity contribution >= 4 is 34.8 Å². The van der Waals surface area contributed by atoms with Crippen LogP contribution in [-0.2, 0) is 0 Å². The Labute approximate surface area is 108 Å². The van der Waals surface area contributed by atoms with Crippen molar-refractivity contribution in [3.63, 3.8) is 0 Å². The van der Waals surface area contributed by atoms with Crippen molar-refractivity contribution in [3.8, 4) is 5.82 Å². The Kier molecular flexibility index (Phi) is 3.10. The van der Waals surface area contributed by atoms with Gasteiger partial charge >= 0.3 is 0 Å². The van der Waals surface area contributed by atoms with Crippen molar-refractivity contribution in [2.45, 2.75) is 13.8 Å². The quantitative estimate of drug-likeness (QED) is 0.741. The highest BCUT2D eigenvalue weighted by molar-refractivity contribution is 6.42. The van der Waals surface area contributed by atoms with Gasteiger partial charge in [0.15, 0.2) is 5.82 Å². The summed E-state index contributed by atoms with van der Waals surface area (Å²) in [5.41, 5.74) is 1.83. The SMILES string of the molecule is Cc1cc(C)n(-c2nc(Cl)c(Cl)cc2Cl)n1. The fourth-order valence-corrected chi connectivity index (χ4v) is 2.00. The molecule has 0 unspecified atom stereocenters. The minimum Gasteiger partial charge on any atom is -0.218 e. The van der Waals surface area contributed by atoms with Crippen LogP contribution in [0.1, 0.15) is 11.4 Å². The summed E-state index contributed by atoms with van der Waals surface area (Å²) in [7, 11) is 0. The van der Waals surface area contributed by atoms with Gasteiger partial charge in [0.2, 0.25) is 0 Å². The standard InChI is InChI=1S/C10H8Cl3N3/c1-5-3-6(2)16(15-5)10-8(12)4-7(11)9(13)14-10/h3-4H,1-2H3. The fraction of sp³-hybridized carbons (Fsp3) is 0.200. The van der Waals surface area contributed by atoms with Gasteiger partial charge in [-0.3, -0.25) is 0 Å². The average molecular weight is 277 g/mol. The molecule has 0 aliphatic heterocycles. The Morgan fingerprint density at radius 3 is 2.31 bits per heavy atom. The third kappa shape index (κ3) is 2.03. The smallest absolute Gasteiger partial charge is 0.174 e. The number of rotatable bonds is 1. The van der Waals surface area contributed by atoms with Gasteiger partial charge in [0.1, 0.15) is 5.15 Å². The van der Waals surface area contributed by atoms with Crippen molar-refractivity contribution in [1.82, 2.24) is 14.8 Å². The largest absolute Gasteiger partial charge is 0.218 e. The van der Waals surface area contributed by atoms with E-state index in [0.29, 0.717) is 15.9 Å². The van der Waals surface area contributed by atoms with Crippen LogP contribution < -0.4 is 0 Å². The van der Waals surface area contributed by atoms with Crippen LogP contribution >= 0.6 is 34.8 Å². The summed E-state index contributed by atoms with van der Waals surface area (Å²) in [6.07, 6.45) is 0. The molecule has 6 heteroatoms. The van der Waals surface area contributed by atoms with Crippen molar-refractivity contribution in [3.05, 3.63) is 38.7 Å². The van der Waals surface area contributed by atoms with E-state index in [-0.39, 0.29) is 5.15 Å². The summed E-state index contributed by atoms with van der Waals surface area (Å²) in [4.78, 5) is 4.12. The van der Waals surface area contributed by atoms with E-state index < -0.39 is 0 Å². The summed E-state index contributed by atoms with van der Waals surface area (Å²) in [5.74, 6) is 0.488. The lowest BCUT2D eigenvalue weighted by Crippen LogP contribution is -2.03. The van der Waals surface area contributed by atoms with Crippen LogP contribution in [0.3, 0.4) is 0 Å². The second kappa shape index (κ2) is 4.24. The number of nitrogens with zero attached hydrogens (tertiary/aromatic N) is 3. The van der Waals surface area contributed by atoms with Crippen LogP contribution in [0.4, 0.5) is 0 Å². The molecule has 0 saturated carbocycles. The van der Waals surface area contributed by atoms with Crippen molar-refractivity contribution in [2.24, 2.45) is 0 Å². The van der Waals surface area contributed by atoms with Crippen LogP contribution in [0.5, 0.6) is 0 Å². The van der Waals surface area contributed by atoms with E-state index >= 15 is 0 Å². The Balaban J connectivity index is 2.64. The lowest BCUT2D eigenvalue weighted by atomic mass is 10.4. The van der Waals surface area contributed by atoms with Crippen LogP contribution in [0.15, 0.2) is 12.1 Å². The molecule has 2 rings (SSSR count). The van der Waals surface area contributed by atoms with Gasteiger partial charge in [0.25, 0.3) is 0 Å². The van der Waals surface area contributed by atoms with E-state index in [0.717, 1.165) is 11.4 Å². The minimum absolute atomic E-state index is 0.216. The Morgan fingerprint density at radius 1 is 1.06 bits per heavy atom. The van der Waals surface area contributed by atoms with Crippen molar-refractivity contribution in [2.75, 3.05) is 0 Å². The summed E-state index contributed by atoms with van der Waals surface area (Å²) >= 11 is 17.7. The molecular formula is C10H8Cl3N3. The molecule has 0 aliphatic rings. The molecule has 2 aromatic rings. The van der Waals surface area contributed by atoms with E-state index in [9.17, 15) is 0 Å². The third-order valence-corrected chi connectivity index (χ3v) is 3.03. The molecule has 2 heterocycles. The zero-order valence-corrected chi connectivity index (χ0v) is 10.9. The van der Waals surface area contributed by atoms with Crippen molar-refractivity contribution in [1.29, 1.82) is 0 Å². The van der Waals surface area contributed by atoms with Gasteiger partial charge in [0, 0.05) is 5.69 Å². The van der Waals surface area contributed by atoms with Gasteiger partial charge in [-0.15, -0.1) is 0 Å². The number of halogens is 3. The maximum atomic E-state index is 6.05. The predicted molar refractivity (Wildman–Crippen MR) is 65.9 cm³/mol. The number of hydrogen-bond acceptors (Lipinski definition) is 2. The van der Waals surface area contributed by atoms with Gasteiger partial charge in [0.05, 0.1) is 15.7 Å². The van der Waals surface area contributed by atoms with E-state index in [2.05, 4.69) is 10.1 Å². The van der Waals surface area contributed by atoms with Gasteiger partial charge in [-0.1, -0.05) is 34.8 Å². The lowest BCUT2D eigenvalue weighted by molar-refractivity contribution is 0.806. The highest BCUT2D eigenvalue weighted by Gasteiger charge is 2.12. The first-order chi connectivity index (χ1) is 7.49. The van der Waals surface area contributed by atoms with Crippen LogP contribution in [0, 0.1) is 13.8 Å². The predicted octanol–water partition coefficient (Wildman–Crippen LogP) is 3.84. The number of aryl methyl sites for hydroxylation is 2. The molecule has 0 aliphatic carbocycles. The van der Waals surface area contributed by atoms with Gasteiger partial charge in [-0.25, -0.2) is 9.67 Å². The molecule has 0 aromatic carbocycles. The molecule has 84 valence electrons. The Bertz CT molecular complexity index is 548. The van der Waals surface area contributed by atoms with Crippen LogP contribution in [-0.4, -0.2) is 14.8 Å². The number of hydrogen-bond donors (Lipinski definition) is 0. The number of aromatic nitrogens is 3. The summed E-state index contributed by atoms with van der Waals surface area (Å²) in [5, 5.41) is 5.24. The summed E-state index contributed by atoms with van der Waals surface area (Å²) in [6, 6.07) is 3.49. The van der Waals surface area contributed by atoms with E-state index in [1.54, 1.807) is 10.7 Å². The highest BCUT2D eigenvalue weighted by Crippen LogP contribution is 2.28. The molecule has 0 fully saturated rings. The van der Waals surface area contributed by atoms with E-state index in [1.165, 1.54) is 0 Å². The Hall–Kier alpha value is -0.770. The molecule has 0 saturated heterocycles. The minimum atomic E-state index is 0.216. The lowest BCUT2D eigenvalue weighted by Gasteiger charge is -2.06. The van der Waals surface area contributed by atoms with E-state index in [4.69, 9.17) is 34.8 Å². The molecule has 16 heavy (non-hydrogen) atoms. The van der Waals surface area contributed by atoms with Gasteiger partial charge < -0.3 is 0 Å². The normalized spacial score (nSPS) is 10.8. The molecule has 3 nitrogen and oxygen atoms in total. The van der Waals surface area contributed by atoms with Gasteiger partial charge in [-0.2, -0.15) is 5.10 Å². The van der Waals surface area contributed by atoms with Crippen molar-refractivity contribution < 1.29 is 0 Å². The molecule has 0 bridgehead atoms. The second-order valence-electron chi connectivity index (χ2n) is 3.41. The van der Waals surface area contributed by atoms with E-state index in [1.807, 2.05) is 19.9 Å².